The molecule has 2 aromatic rings. The summed E-state index contributed by atoms with van der Waals surface area (Å²) in [7, 11) is 0. The molecule has 0 aliphatic rings. The van der Waals surface area contributed by atoms with Gasteiger partial charge in [-0.25, -0.2) is 5.43 Å². The largest absolute Gasteiger partial charge is 0.494 e. The molecule has 1 N–H and O–H groups in total. The monoisotopic (exact) mass is 326 g/mol. The second-order valence-electron chi connectivity index (χ2n) is 5.07. The van der Waals surface area contributed by atoms with Gasteiger partial charge in [-0.05, 0) is 67.4 Å². The SMILES string of the molecule is CCCOc1ccc(C=NNC(=O)c2ccc(OCC)cc2)cc1. The number of nitrogens with one attached hydrogen (secondary N) is 1. The highest BCUT2D eigenvalue weighted by molar-refractivity contribution is 5.95. The van der Waals surface area contributed by atoms with Crippen LogP contribution in [-0.2, 0) is 0 Å². The molecule has 126 valence electrons. The number of nitrogens with zero attached hydrogens (tertiary/aromatic N) is 1. The molecule has 0 spiro atoms. The van der Waals surface area contributed by atoms with E-state index in [-0.39, 0.29) is 5.91 Å². The van der Waals surface area contributed by atoms with Gasteiger partial charge < -0.3 is 9.47 Å². The Balaban J connectivity index is 1.87. The van der Waals surface area contributed by atoms with E-state index in [1.807, 2.05) is 31.2 Å². The maximum Gasteiger partial charge on any atom is 0.271 e. The number of ether oxygens (including phenoxy) is 2. The molecule has 5 nitrogen and oxygen atoms in total. The molecule has 24 heavy (non-hydrogen) atoms. The molecule has 0 aliphatic heterocycles. The molecule has 0 heterocycles. The van der Waals surface area contributed by atoms with E-state index in [1.54, 1.807) is 30.5 Å². The molecule has 5 heteroatoms. The van der Waals surface area contributed by atoms with Crippen LogP contribution in [0.25, 0.3) is 0 Å². The Kier molecular flexibility index (Phi) is 6.83. The van der Waals surface area contributed by atoms with Crippen LogP contribution in [0.3, 0.4) is 0 Å². The summed E-state index contributed by atoms with van der Waals surface area (Å²) in [6, 6.07) is 14.5. The topological polar surface area (TPSA) is 59.9 Å². The van der Waals surface area contributed by atoms with Crippen LogP contribution in [0.2, 0.25) is 0 Å². The molecule has 0 saturated heterocycles. The molecule has 0 fully saturated rings. The number of hydrogen-bond donors (Lipinski definition) is 1. The Morgan fingerprint density at radius 2 is 1.62 bits per heavy atom. The van der Waals surface area contributed by atoms with Crippen molar-refractivity contribution in [1.29, 1.82) is 0 Å². The van der Waals surface area contributed by atoms with Gasteiger partial charge in [0.15, 0.2) is 0 Å². The zero-order valence-corrected chi connectivity index (χ0v) is 14.0. The van der Waals surface area contributed by atoms with Crippen molar-refractivity contribution < 1.29 is 14.3 Å². The third-order valence-corrected chi connectivity index (χ3v) is 3.16. The highest BCUT2D eigenvalue weighted by Gasteiger charge is 2.04. The lowest BCUT2D eigenvalue weighted by molar-refractivity contribution is 0.0955. The Hall–Kier alpha value is -2.82. The maximum absolute atomic E-state index is 12.0. The van der Waals surface area contributed by atoms with Gasteiger partial charge in [-0.2, -0.15) is 5.10 Å². The van der Waals surface area contributed by atoms with Crippen molar-refractivity contribution in [2.45, 2.75) is 20.3 Å². The predicted octanol–water partition coefficient (Wildman–Crippen LogP) is 3.64. The van der Waals surface area contributed by atoms with Gasteiger partial charge in [0.05, 0.1) is 19.4 Å². The van der Waals surface area contributed by atoms with Gasteiger partial charge in [0.25, 0.3) is 5.91 Å². The number of carbonyl (C=O) groups excluding carboxylic acids is 1. The van der Waals surface area contributed by atoms with Gasteiger partial charge in [-0.3, -0.25) is 4.79 Å². The van der Waals surface area contributed by atoms with E-state index in [0.29, 0.717) is 18.8 Å². The van der Waals surface area contributed by atoms with E-state index in [1.165, 1.54) is 0 Å². The van der Waals surface area contributed by atoms with Gasteiger partial charge in [-0.1, -0.05) is 6.92 Å². The standard InChI is InChI=1S/C19H22N2O3/c1-3-13-24-18-9-5-15(6-10-18)14-20-21-19(22)16-7-11-17(12-8-16)23-4-2/h5-12,14H,3-4,13H2,1-2H3,(H,21,22). The van der Waals surface area contributed by atoms with Crippen molar-refractivity contribution in [3.05, 3.63) is 59.7 Å². The second kappa shape index (κ2) is 9.35. The molecule has 0 aromatic heterocycles. The minimum Gasteiger partial charge on any atom is -0.494 e. The summed E-state index contributed by atoms with van der Waals surface area (Å²) < 4.78 is 10.9. The zero-order valence-electron chi connectivity index (χ0n) is 14.0. The van der Waals surface area contributed by atoms with E-state index in [4.69, 9.17) is 9.47 Å². The van der Waals surface area contributed by atoms with Gasteiger partial charge in [0.1, 0.15) is 11.5 Å². The Morgan fingerprint density at radius 3 is 2.25 bits per heavy atom. The van der Waals surface area contributed by atoms with Crippen molar-refractivity contribution >= 4 is 12.1 Å². The van der Waals surface area contributed by atoms with Crippen molar-refractivity contribution in [2.75, 3.05) is 13.2 Å². The van der Waals surface area contributed by atoms with E-state index >= 15 is 0 Å². The molecular formula is C19H22N2O3. The average molecular weight is 326 g/mol. The Bertz CT molecular complexity index is 664. The van der Waals surface area contributed by atoms with Crippen LogP contribution >= 0.6 is 0 Å². The predicted molar refractivity (Wildman–Crippen MR) is 94.9 cm³/mol. The lowest BCUT2D eigenvalue weighted by Gasteiger charge is -2.04. The lowest BCUT2D eigenvalue weighted by atomic mass is 10.2. The van der Waals surface area contributed by atoms with Crippen LogP contribution in [0.4, 0.5) is 0 Å². The van der Waals surface area contributed by atoms with Crippen LogP contribution < -0.4 is 14.9 Å². The third-order valence-electron chi connectivity index (χ3n) is 3.16. The summed E-state index contributed by atoms with van der Waals surface area (Å²) in [4.78, 5) is 12.0. The first-order chi connectivity index (χ1) is 11.7. The number of amides is 1. The van der Waals surface area contributed by atoms with Crippen molar-refractivity contribution in [3.8, 4) is 11.5 Å². The van der Waals surface area contributed by atoms with Crippen molar-refractivity contribution in [1.82, 2.24) is 5.43 Å². The second-order valence-corrected chi connectivity index (χ2v) is 5.07. The molecule has 0 aliphatic carbocycles. The highest BCUT2D eigenvalue weighted by atomic mass is 16.5. The molecule has 0 bridgehead atoms. The average Bonchev–Trinajstić information content (AvgIpc) is 2.62. The Morgan fingerprint density at radius 1 is 1.00 bits per heavy atom. The summed E-state index contributed by atoms with van der Waals surface area (Å²) in [6.45, 7) is 5.27. The minimum absolute atomic E-state index is 0.266. The minimum atomic E-state index is -0.266. The number of hydrazone groups is 1. The summed E-state index contributed by atoms with van der Waals surface area (Å²) in [5, 5.41) is 3.97. The van der Waals surface area contributed by atoms with Gasteiger partial charge in [0, 0.05) is 5.56 Å². The zero-order chi connectivity index (χ0) is 17.2. The number of carbonyl (C=O) groups is 1. The summed E-state index contributed by atoms with van der Waals surface area (Å²) >= 11 is 0. The number of benzene rings is 2. The smallest absolute Gasteiger partial charge is 0.271 e. The van der Waals surface area contributed by atoms with Crippen LogP contribution in [0.5, 0.6) is 11.5 Å². The van der Waals surface area contributed by atoms with Crippen LogP contribution in [0.15, 0.2) is 53.6 Å². The number of hydrogen-bond acceptors (Lipinski definition) is 4. The molecule has 2 aromatic carbocycles. The molecule has 2 rings (SSSR count). The molecule has 0 atom stereocenters. The molecule has 1 amide bonds. The van der Waals surface area contributed by atoms with Gasteiger partial charge >= 0.3 is 0 Å². The molecule has 0 unspecified atom stereocenters. The van der Waals surface area contributed by atoms with E-state index in [0.717, 1.165) is 23.5 Å². The highest BCUT2D eigenvalue weighted by Crippen LogP contribution is 2.12. The fraction of sp³-hybridized carbons (Fsp3) is 0.263. The van der Waals surface area contributed by atoms with Crippen LogP contribution in [0.1, 0.15) is 36.2 Å². The molecule has 0 saturated carbocycles. The summed E-state index contributed by atoms with van der Waals surface area (Å²) in [6.07, 6.45) is 2.57. The van der Waals surface area contributed by atoms with E-state index in [2.05, 4.69) is 17.5 Å². The first-order valence-electron chi connectivity index (χ1n) is 8.02. The van der Waals surface area contributed by atoms with E-state index < -0.39 is 0 Å². The quantitative estimate of drug-likeness (QED) is 0.595. The fourth-order valence-corrected chi connectivity index (χ4v) is 1.97. The molecular weight excluding hydrogens is 304 g/mol. The lowest BCUT2D eigenvalue weighted by Crippen LogP contribution is -2.17. The van der Waals surface area contributed by atoms with E-state index in [9.17, 15) is 4.79 Å². The third kappa shape index (κ3) is 5.43. The van der Waals surface area contributed by atoms with Crippen LogP contribution in [0, 0.1) is 0 Å². The van der Waals surface area contributed by atoms with Gasteiger partial charge in [-0.15, -0.1) is 0 Å². The summed E-state index contributed by atoms with van der Waals surface area (Å²) in [5.74, 6) is 1.30. The molecule has 0 radical (unpaired) electrons. The van der Waals surface area contributed by atoms with Crippen molar-refractivity contribution in [2.24, 2.45) is 5.10 Å². The van der Waals surface area contributed by atoms with Crippen LogP contribution in [-0.4, -0.2) is 25.3 Å². The Labute approximate surface area is 142 Å². The van der Waals surface area contributed by atoms with Crippen molar-refractivity contribution in [3.63, 3.8) is 0 Å². The summed E-state index contributed by atoms with van der Waals surface area (Å²) in [5.41, 5.74) is 3.91. The first-order valence-corrected chi connectivity index (χ1v) is 8.02. The normalized spacial score (nSPS) is 10.6. The fourth-order valence-electron chi connectivity index (χ4n) is 1.97. The maximum atomic E-state index is 12.0. The first kappa shape index (κ1) is 17.5. The van der Waals surface area contributed by atoms with Gasteiger partial charge in [0.2, 0.25) is 0 Å². The number of rotatable bonds is 8.